The number of benzene rings is 1. The van der Waals surface area contributed by atoms with Crippen molar-refractivity contribution in [1.82, 2.24) is 9.78 Å². The van der Waals surface area contributed by atoms with Crippen LogP contribution in [0.3, 0.4) is 0 Å². The van der Waals surface area contributed by atoms with E-state index < -0.39 is 5.97 Å². The van der Waals surface area contributed by atoms with Crippen LogP contribution in [-0.2, 0) is 6.54 Å². The van der Waals surface area contributed by atoms with Gasteiger partial charge in [0.2, 0.25) is 0 Å². The summed E-state index contributed by atoms with van der Waals surface area (Å²) in [6, 6.07) is 6.35. The number of carbonyl (C=O) groups is 1. The van der Waals surface area contributed by atoms with E-state index in [-0.39, 0.29) is 5.56 Å². The SMILES string of the molecule is Cc1nn(CCCOc2ccc(C(=O)O)cc2)cc1Cl. The lowest BCUT2D eigenvalue weighted by Crippen LogP contribution is -2.05. The molecule has 0 fully saturated rings. The number of nitrogens with zero attached hydrogens (tertiary/aromatic N) is 2. The number of hydrogen-bond donors (Lipinski definition) is 1. The van der Waals surface area contributed by atoms with Gasteiger partial charge in [0.25, 0.3) is 0 Å². The Hall–Kier alpha value is -2.01. The van der Waals surface area contributed by atoms with Gasteiger partial charge >= 0.3 is 5.97 Å². The van der Waals surface area contributed by atoms with Crippen molar-refractivity contribution >= 4 is 17.6 Å². The summed E-state index contributed by atoms with van der Waals surface area (Å²) in [6.45, 7) is 3.11. The first-order valence-corrected chi connectivity index (χ1v) is 6.60. The van der Waals surface area contributed by atoms with E-state index in [0.717, 1.165) is 18.7 Å². The topological polar surface area (TPSA) is 64.4 Å². The Morgan fingerprint density at radius 2 is 2.10 bits per heavy atom. The van der Waals surface area contributed by atoms with Crippen molar-refractivity contribution < 1.29 is 14.6 Å². The molecule has 0 aliphatic rings. The zero-order chi connectivity index (χ0) is 14.5. The molecule has 0 radical (unpaired) electrons. The Bertz CT molecular complexity index is 573. The number of rotatable bonds is 6. The Morgan fingerprint density at radius 3 is 2.65 bits per heavy atom. The van der Waals surface area contributed by atoms with Gasteiger partial charge in [0.05, 0.1) is 22.9 Å². The van der Waals surface area contributed by atoms with Crippen LogP contribution in [0.5, 0.6) is 5.75 Å². The number of ether oxygens (including phenoxy) is 1. The highest BCUT2D eigenvalue weighted by atomic mass is 35.5. The molecule has 0 amide bonds. The Balaban J connectivity index is 1.77. The van der Waals surface area contributed by atoms with Gasteiger partial charge in [0.1, 0.15) is 5.75 Å². The molecule has 6 heteroatoms. The highest BCUT2D eigenvalue weighted by molar-refractivity contribution is 6.31. The van der Waals surface area contributed by atoms with Crippen molar-refractivity contribution in [1.29, 1.82) is 0 Å². The smallest absolute Gasteiger partial charge is 0.335 e. The molecule has 2 rings (SSSR count). The van der Waals surface area contributed by atoms with Gasteiger partial charge in [0, 0.05) is 19.2 Å². The van der Waals surface area contributed by atoms with Gasteiger partial charge in [-0.3, -0.25) is 4.68 Å². The number of aryl methyl sites for hydroxylation is 2. The van der Waals surface area contributed by atoms with Gasteiger partial charge in [-0.15, -0.1) is 0 Å². The first-order chi connectivity index (χ1) is 9.56. The number of aromatic nitrogens is 2. The summed E-state index contributed by atoms with van der Waals surface area (Å²) in [7, 11) is 0. The molecule has 0 atom stereocenters. The van der Waals surface area contributed by atoms with Crippen molar-refractivity contribution in [2.24, 2.45) is 0 Å². The van der Waals surface area contributed by atoms with Crippen molar-refractivity contribution in [2.75, 3.05) is 6.61 Å². The van der Waals surface area contributed by atoms with Gasteiger partial charge < -0.3 is 9.84 Å². The van der Waals surface area contributed by atoms with E-state index in [1.807, 2.05) is 6.92 Å². The molecule has 106 valence electrons. The number of aromatic carboxylic acids is 1. The zero-order valence-electron chi connectivity index (χ0n) is 11.0. The van der Waals surface area contributed by atoms with Crippen molar-refractivity contribution in [2.45, 2.75) is 19.9 Å². The predicted molar refractivity (Wildman–Crippen MR) is 75.5 cm³/mol. The predicted octanol–water partition coefficient (Wildman–Crippen LogP) is 3.01. The fraction of sp³-hybridized carbons (Fsp3) is 0.286. The molecule has 20 heavy (non-hydrogen) atoms. The molecule has 1 aromatic carbocycles. The summed E-state index contributed by atoms with van der Waals surface area (Å²) in [5.74, 6) is -0.285. The third-order valence-corrected chi connectivity index (χ3v) is 3.16. The van der Waals surface area contributed by atoms with Crippen LogP contribution in [0.4, 0.5) is 0 Å². The third-order valence-electron chi connectivity index (χ3n) is 2.79. The molecule has 1 heterocycles. The molecule has 0 unspecified atom stereocenters. The molecule has 5 nitrogen and oxygen atoms in total. The Kier molecular flexibility index (Phi) is 4.63. The molecule has 1 aromatic heterocycles. The van der Waals surface area contributed by atoms with Gasteiger partial charge in [-0.05, 0) is 31.2 Å². The van der Waals surface area contributed by atoms with Crippen LogP contribution in [0.1, 0.15) is 22.5 Å². The van der Waals surface area contributed by atoms with Crippen LogP contribution in [0.15, 0.2) is 30.5 Å². The molecular weight excluding hydrogens is 280 g/mol. The number of carboxylic acid groups (broad SMARTS) is 1. The largest absolute Gasteiger partial charge is 0.494 e. The summed E-state index contributed by atoms with van der Waals surface area (Å²) in [5, 5.41) is 13.7. The molecule has 0 saturated carbocycles. The van der Waals surface area contributed by atoms with E-state index in [0.29, 0.717) is 17.4 Å². The minimum absolute atomic E-state index is 0.249. The maximum absolute atomic E-state index is 10.7. The first kappa shape index (κ1) is 14.4. The summed E-state index contributed by atoms with van der Waals surface area (Å²) in [5.41, 5.74) is 1.07. The first-order valence-electron chi connectivity index (χ1n) is 6.22. The summed E-state index contributed by atoms with van der Waals surface area (Å²) in [4.78, 5) is 10.7. The van der Waals surface area contributed by atoms with Crippen LogP contribution in [0.25, 0.3) is 0 Å². The molecule has 0 bridgehead atoms. The van der Waals surface area contributed by atoms with Crippen LogP contribution >= 0.6 is 11.6 Å². The van der Waals surface area contributed by atoms with E-state index >= 15 is 0 Å². The lowest BCUT2D eigenvalue weighted by atomic mass is 10.2. The highest BCUT2D eigenvalue weighted by Crippen LogP contribution is 2.14. The average Bonchev–Trinajstić information content (AvgIpc) is 2.74. The summed E-state index contributed by atoms with van der Waals surface area (Å²) >= 11 is 5.92. The molecule has 1 N–H and O–H groups in total. The average molecular weight is 295 g/mol. The Morgan fingerprint density at radius 1 is 1.40 bits per heavy atom. The molecule has 0 aliphatic carbocycles. The van der Waals surface area contributed by atoms with Crippen molar-refractivity contribution in [3.63, 3.8) is 0 Å². The second-order valence-electron chi connectivity index (χ2n) is 4.36. The highest BCUT2D eigenvalue weighted by Gasteiger charge is 2.03. The second kappa shape index (κ2) is 6.43. The fourth-order valence-electron chi connectivity index (χ4n) is 1.72. The minimum Gasteiger partial charge on any atom is -0.494 e. The number of hydrogen-bond acceptors (Lipinski definition) is 3. The van der Waals surface area contributed by atoms with Crippen molar-refractivity contribution in [3.05, 3.63) is 46.7 Å². The number of halogens is 1. The molecule has 2 aromatic rings. The quantitative estimate of drug-likeness (QED) is 0.832. The van der Waals surface area contributed by atoms with E-state index in [9.17, 15) is 4.79 Å². The normalized spacial score (nSPS) is 10.5. The monoisotopic (exact) mass is 294 g/mol. The lowest BCUT2D eigenvalue weighted by Gasteiger charge is -2.06. The standard InChI is InChI=1S/C14H15ClN2O3/c1-10-13(15)9-17(16-10)7-2-8-20-12-5-3-11(4-6-12)14(18)19/h3-6,9H,2,7-8H2,1H3,(H,18,19). The van der Waals surface area contributed by atoms with Gasteiger partial charge in [-0.1, -0.05) is 11.6 Å². The minimum atomic E-state index is -0.942. The summed E-state index contributed by atoms with van der Waals surface area (Å²) < 4.78 is 7.32. The molecular formula is C14H15ClN2O3. The maximum Gasteiger partial charge on any atom is 0.335 e. The van der Waals surface area contributed by atoms with Gasteiger partial charge in [-0.25, -0.2) is 4.79 Å². The number of carboxylic acids is 1. The van der Waals surface area contributed by atoms with Gasteiger partial charge in [-0.2, -0.15) is 5.10 Å². The van der Waals surface area contributed by atoms with E-state index in [1.165, 1.54) is 12.1 Å². The van der Waals surface area contributed by atoms with E-state index in [2.05, 4.69) is 5.10 Å². The van der Waals surface area contributed by atoms with Crippen molar-refractivity contribution in [3.8, 4) is 5.75 Å². The van der Waals surface area contributed by atoms with Gasteiger partial charge in [0.15, 0.2) is 0 Å². The fourth-order valence-corrected chi connectivity index (χ4v) is 1.87. The van der Waals surface area contributed by atoms with Crippen LogP contribution in [0, 0.1) is 6.92 Å². The zero-order valence-corrected chi connectivity index (χ0v) is 11.8. The van der Waals surface area contributed by atoms with E-state index in [4.69, 9.17) is 21.4 Å². The molecule has 0 aliphatic heterocycles. The molecule has 0 saturated heterocycles. The van der Waals surface area contributed by atoms with E-state index in [1.54, 1.807) is 23.0 Å². The second-order valence-corrected chi connectivity index (χ2v) is 4.76. The summed E-state index contributed by atoms with van der Waals surface area (Å²) in [6.07, 6.45) is 2.58. The Labute approximate surface area is 121 Å². The van der Waals surface area contributed by atoms with Crippen LogP contribution in [0.2, 0.25) is 5.02 Å². The van der Waals surface area contributed by atoms with Crippen LogP contribution < -0.4 is 4.74 Å². The maximum atomic E-state index is 10.7. The van der Waals surface area contributed by atoms with Crippen LogP contribution in [-0.4, -0.2) is 27.5 Å². The molecule has 0 spiro atoms. The third kappa shape index (κ3) is 3.74. The lowest BCUT2D eigenvalue weighted by molar-refractivity contribution is 0.0697.